The lowest BCUT2D eigenvalue weighted by atomic mass is 9.99. The molecule has 0 bridgehead atoms. The van der Waals surface area contributed by atoms with Crippen molar-refractivity contribution < 1.29 is 19.0 Å². The maximum atomic E-state index is 11.2. The van der Waals surface area contributed by atoms with Crippen LogP contribution in [0.25, 0.3) is 5.57 Å². The number of methoxy groups -OCH3 is 1. The van der Waals surface area contributed by atoms with E-state index in [9.17, 15) is 4.79 Å². The topological polar surface area (TPSA) is 44.8 Å². The molecule has 4 nitrogen and oxygen atoms in total. The third-order valence-corrected chi connectivity index (χ3v) is 5.78. The average Bonchev–Trinajstić information content (AvgIpc) is 3.41. The smallest absolute Gasteiger partial charge is 0.305 e. The summed E-state index contributed by atoms with van der Waals surface area (Å²) in [6, 6.07) is 14.8. The normalized spacial score (nSPS) is 15.2. The Morgan fingerprint density at radius 3 is 2.76 bits per heavy atom. The predicted octanol–water partition coefficient (Wildman–Crippen LogP) is 5.13. The van der Waals surface area contributed by atoms with Crippen LogP contribution >= 0.6 is 0 Å². The molecule has 0 N–H and O–H groups in total. The van der Waals surface area contributed by atoms with Crippen LogP contribution in [0.15, 0.2) is 48.0 Å². The Balaban J connectivity index is 1.35. The number of aryl methyl sites for hydroxylation is 1. The van der Waals surface area contributed by atoms with E-state index in [0.29, 0.717) is 13.0 Å². The first-order valence-corrected chi connectivity index (χ1v) is 10.5. The number of fused-ring (bicyclic) bond motifs is 1. The highest BCUT2D eigenvalue weighted by Gasteiger charge is 2.19. The van der Waals surface area contributed by atoms with Crippen molar-refractivity contribution in [3.05, 3.63) is 64.7 Å². The van der Waals surface area contributed by atoms with E-state index >= 15 is 0 Å². The molecular weight excluding hydrogens is 364 g/mol. The van der Waals surface area contributed by atoms with E-state index in [1.165, 1.54) is 41.4 Å². The maximum Gasteiger partial charge on any atom is 0.305 e. The van der Waals surface area contributed by atoms with Gasteiger partial charge in [-0.05, 0) is 84.2 Å². The van der Waals surface area contributed by atoms with E-state index in [0.717, 1.165) is 50.2 Å². The highest BCUT2D eigenvalue weighted by molar-refractivity contribution is 5.72. The molecule has 0 radical (unpaired) electrons. The third-order valence-electron chi connectivity index (χ3n) is 5.78. The first-order chi connectivity index (χ1) is 14.2. The van der Waals surface area contributed by atoms with Crippen LogP contribution in [0.5, 0.6) is 11.5 Å². The van der Waals surface area contributed by atoms with Gasteiger partial charge in [0.25, 0.3) is 0 Å². The first kappa shape index (κ1) is 19.6. The first-order valence-electron chi connectivity index (χ1n) is 10.5. The second-order valence-electron chi connectivity index (χ2n) is 7.72. The largest absolute Gasteiger partial charge is 0.493 e. The Hall–Kier alpha value is -2.75. The predicted molar refractivity (Wildman–Crippen MR) is 113 cm³/mol. The van der Waals surface area contributed by atoms with Gasteiger partial charge in [0.1, 0.15) is 18.1 Å². The minimum atomic E-state index is -0.151. The van der Waals surface area contributed by atoms with Gasteiger partial charge in [0.2, 0.25) is 0 Å². The summed E-state index contributed by atoms with van der Waals surface area (Å²) >= 11 is 0. The Bertz CT molecular complexity index is 896. The molecule has 1 heterocycles. The van der Waals surface area contributed by atoms with Crippen molar-refractivity contribution in [1.82, 2.24) is 0 Å². The fourth-order valence-electron chi connectivity index (χ4n) is 4.15. The van der Waals surface area contributed by atoms with E-state index in [2.05, 4.69) is 35.1 Å². The molecular formula is C25H28O4. The van der Waals surface area contributed by atoms with Crippen LogP contribution in [-0.4, -0.2) is 26.3 Å². The fourth-order valence-corrected chi connectivity index (χ4v) is 4.15. The lowest BCUT2D eigenvalue weighted by Crippen LogP contribution is -2.02. The van der Waals surface area contributed by atoms with Gasteiger partial charge in [0.05, 0.1) is 13.7 Å². The molecule has 4 rings (SSSR count). The van der Waals surface area contributed by atoms with Gasteiger partial charge in [-0.2, -0.15) is 0 Å². The summed E-state index contributed by atoms with van der Waals surface area (Å²) in [7, 11) is 1.43. The van der Waals surface area contributed by atoms with E-state index in [-0.39, 0.29) is 5.97 Å². The standard InChI is InChI=1S/C25H28O4/c1-27-25(26)7-2-4-18-8-11-22(12-9-18)29-17-21-5-3-6-23(21)19-10-13-24-20(16-19)14-15-28-24/h8-13,16H,2-7,14-15,17H2,1H3. The summed E-state index contributed by atoms with van der Waals surface area (Å²) in [5, 5.41) is 0. The molecule has 2 aliphatic rings. The molecule has 2 aromatic carbocycles. The monoisotopic (exact) mass is 392 g/mol. The van der Waals surface area contributed by atoms with Crippen LogP contribution < -0.4 is 9.47 Å². The van der Waals surface area contributed by atoms with Crippen molar-refractivity contribution >= 4 is 11.5 Å². The minimum Gasteiger partial charge on any atom is -0.493 e. The van der Waals surface area contributed by atoms with Crippen LogP contribution in [0.4, 0.5) is 0 Å². The van der Waals surface area contributed by atoms with Gasteiger partial charge in [-0.1, -0.05) is 18.2 Å². The number of hydrogen-bond donors (Lipinski definition) is 0. The molecule has 2 aromatic rings. The van der Waals surface area contributed by atoms with E-state index in [4.69, 9.17) is 9.47 Å². The number of ether oxygens (including phenoxy) is 3. The minimum absolute atomic E-state index is 0.151. The molecule has 0 atom stereocenters. The number of rotatable bonds is 8. The molecule has 152 valence electrons. The van der Waals surface area contributed by atoms with Crippen molar-refractivity contribution in [3.63, 3.8) is 0 Å². The molecule has 29 heavy (non-hydrogen) atoms. The van der Waals surface area contributed by atoms with Gasteiger partial charge >= 0.3 is 5.97 Å². The number of esters is 1. The Morgan fingerprint density at radius 2 is 1.93 bits per heavy atom. The zero-order valence-corrected chi connectivity index (χ0v) is 17.0. The maximum absolute atomic E-state index is 11.2. The Labute approximate surface area is 172 Å². The molecule has 4 heteroatoms. The summed E-state index contributed by atoms with van der Waals surface area (Å²) < 4.78 is 16.4. The van der Waals surface area contributed by atoms with Crippen molar-refractivity contribution in [2.24, 2.45) is 0 Å². The molecule has 1 aliphatic carbocycles. The zero-order chi connectivity index (χ0) is 20.1. The van der Waals surface area contributed by atoms with Gasteiger partial charge in [-0.25, -0.2) is 0 Å². The molecule has 0 unspecified atom stereocenters. The number of benzene rings is 2. The number of allylic oxidation sites excluding steroid dienone is 1. The van der Waals surface area contributed by atoms with Gasteiger partial charge in [0, 0.05) is 12.8 Å². The second kappa shape index (κ2) is 9.17. The summed E-state index contributed by atoms with van der Waals surface area (Å²) in [5.74, 6) is 1.78. The van der Waals surface area contributed by atoms with Crippen LogP contribution in [0, 0.1) is 0 Å². The zero-order valence-electron chi connectivity index (χ0n) is 17.0. The molecule has 0 fully saturated rings. The van der Waals surface area contributed by atoms with E-state index in [1.807, 2.05) is 12.1 Å². The van der Waals surface area contributed by atoms with E-state index in [1.54, 1.807) is 0 Å². The van der Waals surface area contributed by atoms with Crippen molar-refractivity contribution in [2.75, 3.05) is 20.3 Å². The van der Waals surface area contributed by atoms with Crippen LogP contribution in [0.2, 0.25) is 0 Å². The molecule has 1 aliphatic heterocycles. The molecule has 0 spiro atoms. The van der Waals surface area contributed by atoms with Crippen molar-refractivity contribution in [2.45, 2.75) is 44.9 Å². The summed E-state index contributed by atoms with van der Waals surface area (Å²) in [4.78, 5) is 11.2. The van der Waals surface area contributed by atoms with Gasteiger partial charge in [-0.15, -0.1) is 0 Å². The van der Waals surface area contributed by atoms with Gasteiger partial charge < -0.3 is 14.2 Å². The number of carbonyl (C=O) groups excluding carboxylic acids is 1. The van der Waals surface area contributed by atoms with Gasteiger partial charge in [-0.3, -0.25) is 4.79 Å². The summed E-state index contributed by atoms with van der Waals surface area (Å²) in [5.41, 5.74) is 6.71. The van der Waals surface area contributed by atoms with Crippen LogP contribution in [-0.2, 0) is 22.4 Å². The molecule has 0 aromatic heterocycles. The molecule has 0 amide bonds. The lowest BCUT2D eigenvalue weighted by Gasteiger charge is -2.12. The molecule has 0 saturated heterocycles. The van der Waals surface area contributed by atoms with Crippen LogP contribution in [0.1, 0.15) is 48.8 Å². The highest BCUT2D eigenvalue weighted by Crippen LogP contribution is 2.37. The lowest BCUT2D eigenvalue weighted by molar-refractivity contribution is -0.140. The quantitative estimate of drug-likeness (QED) is 0.584. The Morgan fingerprint density at radius 1 is 1.07 bits per heavy atom. The fraction of sp³-hybridized carbons (Fsp3) is 0.400. The highest BCUT2D eigenvalue weighted by atomic mass is 16.5. The van der Waals surface area contributed by atoms with Gasteiger partial charge in [0.15, 0.2) is 0 Å². The summed E-state index contributed by atoms with van der Waals surface area (Å²) in [6.07, 6.45) is 6.56. The number of hydrogen-bond acceptors (Lipinski definition) is 4. The third kappa shape index (κ3) is 4.81. The molecule has 0 saturated carbocycles. The van der Waals surface area contributed by atoms with Crippen molar-refractivity contribution in [3.8, 4) is 11.5 Å². The average molecular weight is 392 g/mol. The number of carbonyl (C=O) groups is 1. The van der Waals surface area contributed by atoms with E-state index < -0.39 is 0 Å². The van der Waals surface area contributed by atoms with Crippen molar-refractivity contribution in [1.29, 1.82) is 0 Å². The SMILES string of the molecule is COC(=O)CCCc1ccc(OCC2=C(c3ccc4c(c3)CCO4)CCC2)cc1. The summed E-state index contributed by atoms with van der Waals surface area (Å²) in [6.45, 7) is 1.44. The second-order valence-corrected chi connectivity index (χ2v) is 7.72. The van der Waals surface area contributed by atoms with Crippen LogP contribution in [0.3, 0.4) is 0 Å². The Kier molecular flexibility index (Phi) is 6.18.